The van der Waals surface area contributed by atoms with Crippen molar-refractivity contribution >= 4 is 21.4 Å². The van der Waals surface area contributed by atoms with E-state index >= 15 is 0 Å². The molecule has 1 aliphatic rings. The van der Waals surface area contributed by atoms with Crippen LogP contribution in [0.25, 0.3) is 5.69 Å². The van der Waals surface area contributed by atoms with Crippen LogP contribution in [0.15, 0.2) is 35.7 Å². The third-order valence-corrected chi connectivity index (χ3v) is 5.44. The third kappa shape index (κ3) is 3.31. The summed E-state index contributed by atoms with van der Waals surface area (Å²) in [6, 6.07) is 6.89. The molecule has 0 amide bonds. The molecule has 1 fully saturated rings. The van der Waals surface area contributed by atoms with Gasteiger partial charge in [-0.25, -0.2) is 8.42 Å². The summed E-state index contributed by atoms with van der Waals surface area (Å²) in [6.45, 7) is 0.612. The maximum atomic E-state index is 12.6. The first-order valence-corrected chi connectivity index (χ1v) is 9.09. The smallest absolute Gasteiger partial charge is 0.254 e. The van der Waals surface area contributed by atoms with Crippen LogP contribution < -0.4 is 0 Å². The zero-order chi connectivity index (χ0) is 15.6. The summed E-state index contributed by atoms with van der Waals surface area (Å²) < 4.78 is 32.2. The van der Waals surface area contributed by atoms with E-state index in [4.69, 9.17) is 16.3 Å². The molecule has 1 aromatic carbocycles. The molecule has 2 heterocycles. The average Bonchev–Trinajstić information content (AvgIpc) is 2.98. The van der Waals surface area contributed by atoms with E-state index in [1.807, 2.05) is 0 Å². The highest BCUT2D eigenvalue weighted by Crippen LogP contribution is 2.21. The Hall–Kier alpha value is -1.44. The Morgan fingerprint density at radius 2 is 2.23 bits per heavy atom. The standard InChI is InChI=1S/C14H16ClN3O3S/c15-11-4-3-5-12(8-11)18-10-16-17-14(18)22(19,20)9-13-6-1-2-7-21-13/h3-5,8,10,13H,1-2,6-7,9H2/t13-/m1/s1. The summed E-state index contributed by atoms with van der Waals surface area (Å²) in [5, 5.41) is 7.96. The van der Waals surface area contributed by atoms with Gasteiger partial charge in [0.15, 0.2) is 0 Å². The van der Waals surface area contributed by atoms with Crippen LogP contribution in [0.3, 0.4) is 0 Å². The van der Waals surface area contributed by atoms with Gasteiger partial charge in [-0.1, -0.05) is 17.7 Å². The molecule has 1 aromatic heterocycles. The SMILES string of the molecule is O=S(=O)(C[C@H]1CCCCO1)c1nncn1-c1cccc(Cl)c1. The molecule has 0 N–H and O–H groups in total. The van der Waals surface area contributed by atoms with Crippen molar-refractivity contribution in [1.29, 1.82) is 0 Å². The number of hydrogen-bond acceptors (Lipinski definition) is 5. The summed E-state index contributed by atoms with van der Waals surface area (Å²) in [6.07, 6.45) is 3.82. The highest BCUT2D eigenvalue weighted by molar-refractivity contribution is 7.91. The molecule has 0 unspecified atom stereocenters. The Morgan fingerprint density at radius 1 is 1.36 bits per heavy atom. The lowest BCUT2D eigenvalue weighted by molar-refractivity contribution is 0.0304. The Kier molecular flexibility index (Phi) is 4.46. The second-order valence-electron chi connectivity index (χ2n) is 5.23. The number of aromatic nitrogens is 3. The molecule has 0 radical (unpaired) electrons. The first-order chi connectivity index (χ1) is 10.6. The molecule has 0 saturated carbocycles. The van der Waals surface area contributed by atoms with Crippen LogP contribution in [-0.2, 0) is 14.6 Å². The van der Waals surface area contributed by atoms with Crippen molar-refractivity contribution in [2.24, 2.45) is 0 Å². The Balaban J connectivity index is 1.90. The van der Waals surface area contributed by atoms with E-state index in [1.165, 1.54) is 10.9 Å². The van der Waals surface area contributed by atoms with E-state index in [0.29, 0.717) is 17.3 Å². The highest BCUT2D eigenvalue weighted by atomic mass is 35.5. The normalized spacial score (nSPS) is 19.2. The van der Waals surface area contributed by atoms with Gasteiger partial charge in [0, 0.05) is 11.6 Å². The second kappa shape index (κ2) is 6.36. The minimum absolute atomic E-state index is 0.0771. The molecule has 0 spiro atoms. The van der Waals surface area contributed by atoms with Gasteiger partial charge < -0.3 is 4.74 Å². The lowest BCUT2D eigenvalue weighted by atomic mass is 10.1. The summed E-state index contributed by atoms with van der Waals surface area (Å²) in [5.41, 5.74) is 0.612. The van der Waals surface area contributed by atoms with Crippen LogP contribution in [0.1, 0.15) is 19.3 Å². The van der Waals surface area contributed by atoms with Crippen LogP contribution >= 0.6 is 11.6 Å². The number of rotatable bonds is 4. The molecule has 1 atom stereocenters. The van der Waals surface area contributed by atoms with E-state index in [-0.39, 0.29) is 17.0 Å². The fourth-order valence-corrected chi connectivity index (χ4v) is 4.21. The van der Waals surface area contributed by atoms with Crippen LogP contribution in [-0.4, -0.2) is 41.6 Å². The fourth-order valence-electron chi connectivity index (χ4n) is 2.50. The molecule has 22 heavy (non-hydrogen) atoms. The summed E-state index contributed by atoms with van der Waals surface area (Å²) in [5.74, 6) is -0.0771. The van der Waals surface area contributed by atoms with Crippen molar-refractivity contribution in [2.75, 3.05) is 12.4 Å². The van der Waals surface area contributed by atoms with Gasteiger partial charge in [-0.05, 0) is 37.5 Å². The minimum Gasteiger partial charge on any atom is -0.377 e. The summed E-state index contributed by atoms with van der Waals surface area (Å²) >= 11 is 5.96. The molecule has 1 aliphatic heterocycles. The van der Waals surface area contributed by atoms with E-state index in [1.54, 1.807) is 24.3 Å². The lowest BCUT2D eigenvalue weighted by Gasteiger charge is -2.22. The molecule has 2 aromatic rings. The zero-order valence-electron chi connectivity index (χ0n) is 11.9. The molecular formula is C14H16ClN3O3S. The first-order valence-electron chi connectivity index (χ1n) is 7.06. The molecular weight excluding hydrogens is 326 g/mol. The van der Waals surface area contributed by atoms with Crippen LogP contribution in [0.4, 0.5) is 0 Å². The van der Waals surface area contributed by atoms with Crippen molar-refractivity contribution in [3.63, 3.8) is 0 Å². The molecule has 6 nitrogen and oxygen atoms in total. The van der Waals surface area contributed by atoms with Crippen molar-refractivity contribution in [1.82, 2.24) is 14.8 Å². The zero-order valence-corrected chi connectivity index (χ0v) is 13.4. The van der Waals surface area contributed by atoms with Crippen molar-refractivity contribution in [3.05, 3.63) is 35.6 Å². The van der Waals surface area contributed by atoms with Crippen LogP contribution in [0, 0.1) is 0 Å². The van der Waals surface area contributed by atoms with Crippen molar-refractivity contribution < 1.29 is 13.2 Å². The number of ether oxygens (including phenoxy) is 1. The topological polar surface area (TPSA) is 74.1 Å². The summed E-state index contributed by atoms with van der Waals surface area (Å²) in [7, 11) is -3.59. The largest absolute Gasteiger partial charge is 0.377 e. The van der Waals surface area contributed by atoms with Crippen LogP contribution in [0.5, 0.6) is 0 Å². The minimum atomic E-state index is -3.59. The summed E-state index contributed by atoms with van der Waals surface area (Å²) in [4.78, 5) is 0. The number of nitrogens with zero attached hydrogens (tertiary/aromatic N) is 3. The third-order valence-electron chi connectivity index (χ3n) is 3.56. The highest BCUT2D eigenvalue weighted by Gasteiger charge is 2.28. The number of benzene rings is 1. The van der Waals surface area contributed by atoms with E-state index in [9.17, 15) is 8.42 Å². The molecule has 3 rings (SSSR count). The first kappa shape index (κ1) is 15.5. The predicted octanol–water partition coefficient (Wildman–Crippen LogP) is 2.26. The van der Waals surface area contributed by atoms with Crippen molar-refractivity contribution in [3.8, 4) is 5.69 Å². The lowest BCUT2D eigenvalue weighted by Crippen LogP contribution is -2.29. The number of hydrogen-bond donors (Lipinski definition) is 0. The molecule has 0 aliphatic carbocycles. The van der Waals surface area contributed by atoms with Gasteiger partial charge in [-0.15, -0.1) is 10.2 Å². The predicted molar refractivity (Wildman–Crippen MR) is 82.0 cm³/mol. The number of sulfone groups is 1. The van der Waals surface area contributed by atoms with Gasteiger partial charge in [0.25, 0.3) is 5.16 Å². The molecule has 8 heteroatoms. The van der Waals surface area contributed by atoms with Gasteiger partial charge in [0.2, 0.25) is 9.84 Å². The fraction of sp³-hybridized carbons (Fsp3) is 0.429. The van der Waals surface area contributed by atoms with Gasteiger partial charge in [0.05, 0.1) is 17.5 Å². The van der Waals surface area contributed by atoms with E-state index < -0.39 is 9.84 Å². The molecule has 118 valence electrons. The maximum absolute atomic E-state index is 12.6. The maximum Gasteiger partial charge on any atom is 0.254 e. The van der Waals surface area contributed by atoms with E-state index in [2.05, 4.69) is 10.2 Å². The Morgan fingerprint density at radius 3 is 2.95 bits per heavy atom. The molecule has 1 saturated heterocycles. The van der Waals surface area contributed by atoms with Gasteiger partial charge in [0.1, 0.15) is 6.33 Å². The molecule has 0 bridgehead atoms. The second-order valence-corrected chi connectivity index (χ2v) is 7.60. The number of halogens is 1. The quantitative estimate of drug-likeness (QED) is 0.852. The van der Waals surface area contributed by atoms with E-state index in [0.717, 1.165) is 19.3 Å². The van der Waals surface area contributed by atoms with Gasteiger partial charge in [-0.3, -0.25) is 4.57 Å². The van der Waals surface area contributed by atoms with Crippen LogP contribution in [0.2, 0.25) is 5.02 Å². The van der Waals surface area contributed by atoms with Gasteiger partial charge >= 0.3 is 0 Å². The Bertz CT molecular complexity index is 754. The van der Waals surface area contributed by atoms with Crippen molar-refractivity contribution in [2.45, 2.75) is 30.5 Å². The van der Waals surface area contributed by atoms with Gasteiger partial charge in [-0.2, -0.15) is 0 Å². The average molecular weight is 342 g/mol. The monoisotopic (exact) mass is 341 g/mol. The Labute approximate surface area is 134 Å².